The van der Waals surface area contributed by atoms with Crippen molar-refractivity contribution in [1.29, 1.82) is 0 Å². The molecular formula is C16H16F2N2O2. The molecule has 2 rings (SSSR count). The molecule has 22 heavy (non-hydrogen) atoms. The second-order valence-electron chi connectivity index (χ2n) is 4.50. The number of hydrazone groups is 1. The van der Waals surface area contributed by atoms with Crippen LogP contribution < -0.4 is 14.9 Å². The van der Waals surface area contributed by atoms with Crippen LogP contribution in [0.3, 0.4) is 0 Å². The van der Waals surface area contributed by atoms with Crippen LogP contribution in [0.15, 0.2) is 41.5 Å². The molecule has 6 heteroatoms. The molecule has 0 aliphatic heterocycles. The number of hydrogen-bond acceptors (Lipinski definition) is 4. The number of halogens is 2. The van der Waals surface area contributed by atoms with E-state index in [2.05, 4.69) is 10.5 Å². The molecule has 2 aromatic carbocycles. The van der Waals surface area contributed by atoms with E-state index in [1.54, 1.807) is 33.3 Å². The Kier molecular flexibility index (Phi) is 4.93. The molecule has 116 valence electrons. The molecule has 0 spiro atoms. The van der Waals surface area contributed by atoms with Crippen LogP contribution in [0, 0.1) is 11.6 Å². The van der Waals surface area contributed by atoms with Gasteiger partial charge in [-0.05, 0) is 37.3 Å². The first-order chi connectivity index (χ1) is 10.5. The normalized spacial score (nSPS) is 11.2. The topological polar surface area (TPSA) is 42.8 Å². The summed E-state index contributed by atoms with van der Waals surface area (Å²) in [6.07, 6.45) is 0. The Balaban J connectivity index is 2.21. The lowest BCUT2D eigenvalue weighted by Crippen LogP contribution is -2.02. The van der Waals surface area contributed by atoms with E-state index in [-0.39, 0.29) is 5.69 Å². The minimum absolute atomic E-state index is 0.0984. The van der Waals surface area contributed by atoms with Gasteiger partial charge in [-0.3, -0.25) is 5.43 Å². The van der Waals surface area contributed by atoms with Gasteiger partial charge >= 0.3 is 0 Å². The minimum atomic E-state index is -0.705. The van der Waals surface area contributed by atoms with E-state index in [4.69, 9.17) is 9.47 Å². The lowest BCUT2D eigenvalue weighted by atomic mass is 10.1. The van der Waals surface area contributed by atoms with Gasteiger partial charge in [0.25, 0.3) is 0 Å². The summed E-state index contributed by atoms with van der Waals surface area (Å²) in [6, 6.07) is 8.57. The fraction of sp³-hybridized carbons (Fsp3) is 0.188. The van der Waals surface area contributed by atoms with E-state index in [0.29, 0.717) is 17.2 Å². The predicted molar refractivity (Wildman–Crippen MR) is 81.7 cm³/mol. The summed E-state index contributed by atoms with van der Waals surface area (Å²) >= 11 is 0. The molecule has 4 nitrogen and oxygen atoms in total. The molecule has 0 unspecified atom stereocenters. The Hall–Kier alpha value is -2.63. The molecule has 0 saturated carbocycles. The Labute approximate surface area is 127 Å². The average molecular weight is 306 g/mol. The number of benzene rings is 2. The summed E-state index contributed by atoms with van der Waals surface area (Å²) < 4.78 is 36.7. The van der Waals surface area contributed by atoms with Gasteiger partial charge in [-0.1, -0.05) is 0 Å². The maximum Gasteiger partial charge on any atom is 0.161 e. The quantitative estimate of drug-likeness (QED) is 0.674. The lowest BCUT2D eigenvalue weighted by Gasteiger charge is -2.10. The van der Waals surface area contributed by atoms with Crippen molar-refractivity contribution in [3.63, 3.8) is 0 Å². The van der Waals surface area contributed by atoms with Crippen molar-refractivity contribution in [2.45, 2.75) is 6.92 Å². The van der Waals surface area contributed by atoms with Gasteiger partial charge in [0.1, 0.15) is 5.82 Å². The third kappa shape index (κ3) is 3.52. The molecular weight excluding hydrogens is 290 g/mol. The van der Waals surface area contributed by atoms with Crippen molar-refractivity contribution in [3.8, 4) is 11.5 Å². The van der Waals surface area contributed by atoms with E-state index in [0.717, 1.165) is 17.7 Å². The molecule has 0 amide bonds. The number of rotatable bonds is 5. The van der Waals surface area contributed by atoms with Crippen molar-refractivity contribution in [2.75, 3.05) is 19.6 Å². The fourth-order valence-electron chi connectivity index (χ4n) is 1.85. The zero-order valence-corrected chi connectivity index (χ0v) is 12.5. The van der Waals surface area contributed by atoms with E-state index >= 15 is 0 Å². The smallest absolute Gasteiger partial charge is 0.161 e. The van der Waals surface area contributed by atoms with Gasteiger partial charge in [-0.15, -0.1) is 0 Å². The highest BCUT2D eigenvalue weighted by molar-refractivity contribution is 5.99. The highest BCUT2D eigenvalue weighted by atomic mass is 19.1. The highest BCUT2D eigenvalue weighted by Gasteiger charge is 2.07. The van der Waals surface area contributed by atoms with Crippen molar-refractivity contribution in [1.82, 2.24) is 0 Å². The molecule has 0 aromatic heterocycles. The zero-order chi connectivity index (χ0) is 16.1. The molecule has 0 heterocycles. The van der Waals surface area contributed by atoms with Crippen LogP contribution in [-0.4, -0.2) is 19.9 Å². The van der Waals surface area contributed by atoms with Gasteiger partial charge in [0, 0.05) is 11.6 Å². The van der Waals surface area contributed by atoms with Gasteiger partial charge in [0.2, 0.25) is 0 Å². The molecule has 0 bridgehead atoms. The van der Waals surface area contributed by atoms with Crippen LogP contribution in [0.2, 0.25) is 0 Å². The van der Waals surface area contributed by atoms with Gasteiger partial charge in [0.15, 0.2) is 17.3 Å². The van der Waals surface area contributed by atoms with Crippen molar-refractivity contribution < 1.29 is 18.3 Å². The van der Waals surface area contributed by atoms with E-state index in [1.807, 2.05) is 6.07 Å². The first kappa shape index (κ1) is 15.8. The first-order valence-electron chi connectivity index (χ1n) is 6.53. The van der Waals surface area contributed by atoms with Gasteiger partial charge in [-0.2, -0.15) is 5.10 Å². The Morgan fingerprint density at radius 3 is 2.36 bits per heavy atom. The third-order valence-electron chi connectivity index (χ3n) is 3.08. The molecule has 0 radical (unpaired) electrons. The maximum absolute atomic E-state index is 13.5. The molecule has 2 aromatic rings. The summed E-state index contributed by atoms with van der Waals surface area (Å²) in [5.41, 5.74) is 4.08. The van der Waals surface area contributed by atoms with Crippen LogP contribution in [0.5, 0.6) is 11.5 Å². The first-order valence-corrected chi connectivity index (χ1v) is 6.53. The number of nitrogens with zero attached hydrogens (tertiary/aromatic N) is 1. The number of ether oxygens (including phenoxy) is 2. The summed E-state index contributed by atoms with van der Waals surface area (Å²) in [6.45, 7) is 1.76. The largest absolute Gasteiger partial charge is 0.493 e. The zero-order valence-electron chi connectivity index (χ0n) is 12.5. The van der Waals surface area contributed by atoms with Crippen LogP contribution in [0.4, 0.5) is 14.5 Å². The minimum Gasteiger partial charge on any atom is -0.493 e. The lowest BCUT2D eigenvalue weighted by molar-refractivity contribution is 0.355. The fourth-order valence-corrected chi connectivity index (χ4v) is 1.85. The Morgan fingerprint density at radius 1 is 1.00 bits per heavy atom. The van der Waals surface area contributed by atoms with Gasteiger partial charge < -0.3 is 9.47 Å². The standard InChI is InChI=1S/C16H16F2N2O2/c1-10(11-4-7-15(21-2)16(8-11)22-3)19-20-14-6-5-12(17)9-13(14)18/h4-9,20H,1-3H3. The number of hydrogen-bond donors (Lipinski definition) is 1. The average Bonchev–Trinajstić information content (AvgIpc) is 2.53. The van der Waals surface area contributed by atoms with Gasteiger partial charge in [0.05, 0.1) is 25.6 Å². The molecule has 0 aliphatic carbocycles. The SMILES string of the molecule is COc1ccc(C(C)=NNc2ccc(F)cc2F)cc1OC. The molecule has 0 saturated heterocycles. The third-order valence-corrected chi connectivity index (χ3v) is 3.08. The van der Waals surface area contributed by atoms with Gasteiger partial charge in [-0.25, -0.2) is 8.78 Å². The van der Waals surface area contributed by atoms with Crippen LogP contribution in [0.1, 0.15) is 12.5 Å². The summed E-state index contributed by atoms with van der Waals surface area (Å²) in [4.78, 5) is 0. The van der Waals surface area contributed by atoms with Crippen molar-refractivity contribution in [2.24, 2.45) is 5.10 Å². The van der Waals surface area contributed by atoms with Crippen LogP contribution in [-0.2, 0) is 0 Å². The number of methoxy groups -OCH3 is 2. The second-order valence-corrected chi connectivity index (χ2v) is 4.50. The van der Waals surface area contributed by atoms with Crippen molar-refractivity contribution in [3.05, 3.63) is 53.6 Å². The molecule has 0 fully saturated rings. The number of anilines is 1. The molecule has 1 N–H and O–H groups in total. The summed E-state index contributed by atoms with van der Waals surface area (Å²) in [7, 11) is 3.09. The molecule has 0 aliphatic rings. The Morgan fingerprint density at radius 2 is 1.73 bits per heavy atom. The van der Waals surface area contributed by atoms with Crippen molar-refractivity contribution >= 4 is 11.4 Å². The summed E-state index contributed by atoms with van der Waals surface area (Å²) in [5.74, 6) is -0.161. The maximum atomic E-state index is 13.5. The Bertz CT molecular complexity index is 703. The monoisotopic (exact) mass is 306 g/mol. The van der Waals surface area contributed by atoms with E-state index in [9.17, 15) is 8.78 Å². The second kappa shape index (κ2) is 6.89. The highest BCUT2D eigenvalue weighted by Crippen LogP contribution is 2.27. The van der Waals surface area contributed by atoms with Crippen LogP contribution >= 0.6 is 0 Å². The van der Waals surface area contributed by atoms with E-state index in [1.165, 1.54) is 6.07 Å². The summed E-state index contributed by atoms with van der Waals surface area (Å²) in [5, 5.41) is 4.09. The molecule has 0 atom stereocenters. The van der Waals surface area contributed by atoms with Crippen LogP contribution in [0.25, 0.3) is 0 Å². The number of nitrogens with one attached hydrogen (secondary N) is 1. The predicted octanol–water partition coefficient (Wildman–Crippen LogP) is 3.82. The van der Waals surface area contributed by atoms with E-state index < -0.39 is 11.6 Å².